The average Bonchev–Trinajstić information content (AvgIpc) is 3.31. The maximum absolute atomic E-state index is 11.8. The molecule has 0 saturated heterocycles. The summed E-state index contributed by atoms with van der Waals surface area (Å²) in [6.07, 6.45) is 7.12. The molecule has 0 amide bonds. The number of carbonyl (C=O) groups is 1. The van der Waals surface area contributed by atoms with E-state index in [9.17, 15) is 9.90 Å². The SMILES string of the molecule is CCCCc1c(-c2ccc(-c3ccc(O[C@H](Cc4ccccc4)C(=O)O)cc3)cc2)cn2ccccc12. The van der Waals surface area contributed by atoms with E-state index in [0.717, 1.165) is 23.1 Å². The number of unbranched alkanes of at least 4 members (excludes halogenated alkanes) is 1. The molecule has 1 atom stereocenters. The Morgan fingerprint density at radius 2 is 1.49 bits per heavy atom. The van der Waals surface area contributed by atoms with E-state index in [2.05, 4.69) is 66.2 Å². The van der Waals surface area contributed by atoms with Crippen LogP contribution in [0.1, 0.15) is 30.9 Å². The number of aliphatic carboxylic acids is 1. The lowest BCUT2D eigenvalue weighted by Gasteiger charge is -2.15. The molecule has 0 radical (unpaired) electrons. The first-order valence-corrected chi connectivity index (χ1v) is 12.8. The third-order valence-electron chi connectivity index (χ3n) is 6.77. The minimum absolute atomic E-state index is 0.314. The normalized spacial score (nSPS) is 11.9. The van der Waals surface area contributed by atoms with Crippen LogP contribution in [0.2, 0.25) is 0 Å². The van der Waals surface area contributed by atoms with Gasteiger partial charge in [-0.25, -0.2) is 4.79 Å². The van der Waals surface area contributed by atoms with Crippen molar-refractivity contribution >= 4 is 11.5 Å². The topological polar surface area (TPSA) is 50.9 Å². The van der Waals surface area contributed by atoms with Crippen molar-refractivity contribution in [3.05, 3.63) is 121 Å². The van der Waals surface area contributed by atoms with Crippen LogP contribution in [0.4, 0.5) is 0 Å². The van der Waals surface area contributed by atoms with Crippen molar-refractivity contribution in [1.82, 2.24) is 4.40 Å². The first-order valence-electron chi connectivity index (χ1n) is 12.8. The molecule has 4 heteroatoms. The van der Waals surface area contributed by atoms with Crippen molar-refractivity contribution in [3.8, 4) is 28.0 Å². The second-order valence-electron chi connectivity index (χ2n) is 9.35. The molecule has 0 bridgehead atoms. The Balaban J connectivity index is 1.33. The number of rotatable bonds is 10. The molecule has 2 aromatic heterocycles. The van der Waals surface area contributed by atoms with Gasteiger partial charge < -0.3 is 14.2 Å². The van der Waals surface area contributed by atoms with Crippen LogP contribution in [-0.4, -0.2) is 21.6 Å². The van der Waals surface area contributed by atoms with Crippen LogP contribution in [0.15, 0.2) is 109 Å². The maximum atomic E-state index is 11.8. The molecule has 1 N–H and O–H groups in total. The van der Waals surface area contributed by atoms with Gasteiger partial charge in [-0.2, -0.15) is 0 Å². The average molecular weight is 490 g/mol. The molecule has 4 nitrogen and oxygen atoms in total. The Bertz CT molecular complexity index is 1470. The first-order chi connectivity index (χ1) is 18.1. The zero-order valence-electron chi connectivity index (χ0n) is 21.0. The number of aromatic nitrogens is 1. The van der Waals surface area contributed by atoms with Gasteiger partial charge in [0, 0.05) is 29.9 Å². The summed E-state index contributed by atoms with van der Waals surface area (Å²) >= 11 is 0. The van der Waals surface area contributed by atoms with Crippen molar-refractivity contribution in [1.29, 1.82) is 0 Å². The Morgan fingerprint density at radius 3 is 2.16 bits per heavy atom. The number of pyridine rings is 1. The highest BCUT2D eigenvalue weighted by atomic mass is 16.5. The predicted molar refractivity (Wildman–Crippen MR) is 149 cm³/mol. The van der Waals surface area contributed by atoms with Crippen LogP contribution in [0.3, 0.4) is 0 Å². The molecular formula is C33H31NO3. The number of hydrogen-bond donors (Lipinski definition) is 1. The molecule has 5 aromatic rings. The zero-order chi connectivity index (χ0) is 25.6. The fourth-order valence-electron chi connectivity index (χ4n) is 4.78. The van der Waals surface area contributed by atoms with E-state index >= 15 is 0 Å². The molecule has 0 unspecified atom stereocenters. The number of nitrogens with zero attached hydrogens (tertiary/aromatic N) is 1. The summed E-state index contributed by atoms with van der Waals surface area (Å²) in [4.78, 5) is 11.8. The van der Waals surface area contributed by atoms with Crippen LogP contribution >= 0.6 is 0 Å². The van der Waals surface area contributed by atoms with E-state index in [1.54, 1.807) is 0 Å². The van der Waals surface area contributed by atoms with Gasteiger partial charge in [0.05, 0.1) is 0 Å². The Kier molecular flexibility index (Phi) is 7.36. The van der Waals surface area contributed by atoms with Gasteiger partial charge in [-0.15, -0.1) is 0 Å². The van der Waals surface area contributed by atoms with E-state index < -0.39 is 12.1 Å². The van der Waals surface area contributed by atoms with Crippen molar-refractivity contribution in [2.45, 2.75) is 38.7 Å². The largest absolute Gasteiger partial charge is 0.478 e. The van der Waals surface area contributed by atoms with Gasteiger partial charge >= 0.3 is 5.97 Å². The fraction of sp³-hybridized carbons (Fsp3) is 0.182. The summed E-state index contributed by atoms with van der Waals surface area (Å²) in [5, 5.41) is 9.64. The van der Waals surface area contributed by atoms with Crippen LogP contribution in [-0.2, 0) is 17.6 Å². The summed E-state index contributed by atoms with van der Waals surface area (Å²) in [7, 11) is 0. The Labute approximate surface area is 217 Å². The van der Waals surface area contributed by atoms with Gasteiger partial charge in [-0.1, -0.05) is 86.1 Å². The summed E-state index contributed by atoms with van der Waals surface area (Å²) in [6.45, 7) is 2.23. The molecule has 37 heavy (non-hydrogen) atoms. The smallest absolute Gasteiger partial charge is 0.345 e. The van der Waals surface area contributed by atoms with Crippen LogP contribution in [0, 0.1) is 0 Å². The van der Waals surface area contributed by atoms with Gasteiger partial charge in [-0.3, -0.25) is 0 Å². The molecule has 186 valence electrons. The van der Waals surface area contributed by atoms with Crippen LogP contribution < -0.4 is 4.74 Å². The molecule has 0 aliphatic rings. The number of aryl methyl sites for hydroxylation is 1. The van der Waals surface area contributed by atoms with Gasteiger partial charge in [-0.05, 0) is 64.9 Å². The molecule has 5 rings (SSSR count). The summed E-state index contributed by atoms with van der Waals surface area (Å²) in [5.74, 6) is -0.426. The van der Waals surface area contributed by atoms with Gasteiger partial charge in [0.15, 0.2) is 6.10 Å². The number of carboxylic acids is 1. The molecule has 0 aliphatic carbocycles. The van der Waals surface area contributed by atoms with E-state index in [1.807, 2.05) is 54.6 Å². The maximum Gasteiger partial charge on any atom is 0.345 e. The standard InChI is InChI=1S/C33H31NO3/c1-2-3-11-29-30(23-34-21-8-7-12-31(29)34)27-15-13-25(14-16-27)26-17-19-28(20-18-26)37-32(33(35)36)22-24-9-5-4-6-10-24/h4-10,12-21,23,32H,2-3,11,22H2,1H3,(H,35,36)/t32-/m1/s1. The lowest BCUT2D eigenvalue weighted by atomic mass is 9.97. The molecule has 0 fully saturated rings. The number of fused-ring (bicyclic) bond motifs is 1. The van der Waals surface area contributed by atoms with E-state index in [-0.39, 0.29) is 0 Å². The van der Waals surface area contributed by atoms with Crippen molar-refractivity contribution < 1.29 is 14.6 Å². The predicted octanol–water partition coefficient (Wildman–Crippen LogP) is 7.69. The monoisotopic (exact) mass is 489 g/mol. The van der Waals surface area contributed by atoms with Crippen molar-refractivity contribution in [2.75, 3.05) is 0 Å². The highest BCUT2D eigenvalue weighted by Gasteiger charge is 2.20. The number of hydrogen-bond acceptors (Lipinski definition) is 2. The summed E-state index contributed by atoms with van der Waals surface area (Å²) in [5.41, 5.74) is 8.27. The van der Waals surface area contributed by atoms with E-state index in [1.165, 1.54) is 35.0 Å². The Hall–Kier alpha value is -4.31. The van der Waals surface area contributed by atoms with E-state index in [0.29, 0.717) is 12.2 Å². The van der Waals surface area contributed by atoms with Gasteiger partial charge in [0.25, 0.3) is 0 Å². The highest BCUT2D eigenvalue weighted by Crippen LogP contribution is 2.32. The third-order valence-corrected chi connectivity index (χ3v) is 6.77. The summed E-state index contributed by atoms with van der Waals surface area (Å²) in [6, 6.07) is 32.2. The summed E-state index contributed by atoms with van der Waals surface area (Å²) < 4.78 is 8.04. The molecule has 0 saturated carbocycles. The second-order valence-corrected chi connectivity index (χ2v) is 9.35. The zero-order valence-corrected chi connectivity index (χ0v) is 21.0. The van der Waals surface area contributed by atoms with Crippen LogP contribution in [0.25, 0.3) is 27.8 Å². The van der Waals surface area contributed by atoms with Crippen molar-refractivity contribution in [2.24, 2.45) is 0 Å². The molecule has 2 heterocycles. The van der Waals surface area contributed by atoms with Crippen LogP contribution in [0.5, 0.6) is 5.75 Å². The molecule has 0 aliphatic heterocycles. The number of carboxylic acid groups (broad SMARTS) is 1. The Morgan fingerprint density at radius 1 is 0.838 bits per heavy atom. The lowest BCUT2D eigenvalue weighted by Crippen LogP contribution is -2.29. The lowest BCUT2D eigenvalue weighted by molar-refractivity contribution is -0.145. The van der Waals surface area contributed by atoms with E-state index in [4.69, 9.17) is 4.74 Å². The molecular weight excluding hydrogens is 458 g/mol. The van der Waals surface area contributed by atoms with Gasteiger partial charge in [0.1, 0.15) is 5.75 Å². The number of benzene rings is 3. The second kappa shape index (κ2) is 11.2. The third kappa shape index (κ3) is 5.59. The quantitative estimate of drug-likeness (QED) is 0.219. The minimum Gasteiger partial charge on any atom is -0.478 e. The van der Waals surface area contributed by atoms with Gasteiger partial charge in [0.2, 0.25) is 0 Å². The first kappa shape index (κ1) is 24.4. The number of ether oxygens (including phenoxy) is 1. The highest BCUT2D eigenvalue weighted by molar-refractivity contribution is 5.78. The van der Waals surface area contributed by atoms with Crippen molar-refractivity contribution in [3.63, 3.8) is 0 Å². The molecule has 0 spiro atoms. The molecule has 3 aromatic carbocycles. The minimum atomic E-state index is -0.972. The fourth-order valence-corrected chi connectivity index (χ4v) is 4.78.